The molecule has 0 aliphatic carbocycles. The van der Waals surface area contributed by atoms with E-state index in [9.17, 15) is 35.1 Å². The maximum atomic E-state index is 13.0. The first kappa shape index (κ1) is 16.4. The zero-order valence-corrected chi connectivity index (χ0v) is 9.26. The molecule has 0 aliphatic heterocycles. The lowest BCUT2D eigenvalue weighted by Crippen LogP contribution is -2.62. The van der Waals surface area contributed by atoms with Crippen LogP contribution < -0.4 is 0 Å². The summed E-state index contributed by atoms with van der Waals surface area (Å²) in [6.07, 6.45) is -4.86. The summed E-state index contributed by atoms with van der Waals surface area (Å²) in [6.45, 7) is -1.69. The molecule has 0 aromatic carbocycles. The molecule has 9 heteroatoms. The molecule has 0 spiro atoms. The van der Waals surface area contributed by atoms with Crippen LogP contribution in [0.4, 0.5) is 35.1 Å². The van der Waals surface area contributed by atoms with Crippen molar-refractivity contribution in [2.45, 2.75) is 24.2 Å². The summed E-state index contributed by atoms with van der Waals surface area (Å²) >= 11 is 0. The molecule has 0 fully saturated rings. The van der Waals surface area contributed by atoms with Crippen molar-refractivity contribution >= 4 is 0 Å². The maximum Gasteiger partial charge on any atom is 0.383 e. The fraction of sp³-hybridized carbons (Fsp3) is 1.00. The van der Waals surface area contributed by atoms with Crippen LogP contribution >= 0.6 is 0 Å². The van der Waals surface area contributed by atoms with Gasteiger partial charge in [0.05, 0.1) is 21.1 Å². The van der Waals surface area contributed by atoms with Gasteiger partial charge >= 0.3 is 24.2 Å². The van der Waals surface area contributed by atoms with Gasteiger partial charge in [-0.3, -0.25) is 0 Å². The van der Waals surface area contributed by atoms with E-state index in [-0.39, 0.29) is 0 Å². The summed E-state index contributed by atoms with van der Waals surface area (Å²) in [7, 11) is 3.14. The number of hydrogen-bond donors (Lipinski definition) is 0. The van der Waals surface area contributed by atoms with E-state index in [4.69, 9.17) is 0 Å². The van der Waals surface area contributed by atoms with E-state index in [0.717, 1.165) is 21.1 Å². The molecule has 0 rings (SSSR count). The lowest BCUT2D eigenvalue weighted by atomic mass is 10.0. The highest BCUT2D eigenvalue weighted by molar-refractivity contribution is 4.97. The van der Waals surface area contributed by atoms with Gasteiger partial charge in [0.2, 0.25) is 0 Å². The van der Waals surface area contributed by atoms with E-state index in [1.807, 2.05) is 0 Å². The highest BCUT2D eigenvalue weighted by atomic mass is 19.4. The van der Waals surface area contributed by atoms with Gasteiger partial charge in [-0.25, -0.2) is 8.78 Å². The molecular weight excluding hydrogens is 262 g/mol. The Hall–Kier alpha value is -0.600. The molecule has 0 N–H and O–H groups in total. The fourth-order valence-electron chi connectivity index (χ4n) is 1.08. The number of hydrogen-bond acceptors (Lipinski definition) is 0. The Bertz CT molecular complexity index is 267. The van der Waals surface area contributed by atoms with Gasteiger partial charge in [0, 0.05) is 0 Å². The largest absolute Gasteiger partial charge is 0.383 e. The Morgan fingerprint density at radius 2 is 1.24 bits per heavy atom. The summed E-state index contributed by atoms with van der Waals surface area (Å²) in [5, 5.41) is 0. The van der Waals surface area contributed by atoms with Gasteiger partial charge < -0.3 is 4.48 Å². The minimum atomic E-state index is -6.11. The second-order valence-corrected chi connectivity index (χ2v) is 4.65. The SMILES string of the molecule is C[N+](C)(C)CC(F)(F)C(F)(F)C(F)(F)C(F)F. The van der Waals surface area contributed by atoms with Crippen LogP contribution in [-0.2, 0) is 0 Å². The molecule has 0 saturated heterocycles. The standard InChI is InChI=1S/C8H12F8N/c1-17(2,3)4-6(11,12)8(15,16)7(13,14)5(9)10/h5H,4H2,1-3H3/q+1. The van der Waals surface area contributed by atoms with Crippen LogP contribution in [0.3, 0.4) is 0 Å². The maximum absolute atomic E-state index is 13.0. The second kappa shape index (κ2) is 4.25. The molecule has 0 radical (unpaired) electrons. The van der Waals surface area contributed by atoms with Crippen LogP contribution in [0.25, 0.3) is 0 Å². The highest BCUT2D eigenvalue weighted by Crippen LogP contribution is 2.48. The predicted molar refractivity (Wildman–Crippen MR) is 43.7 cm³/mol. The average molecular weight is 274 g/mol. The van der Waals surface area contributed by atoms with E-state index in [1.165, 1.54) is 0 Å². The van der Waals surface area contributed by atoms with Crippen molar-refractivity contribution in [2.24, 2.45) is 0 Å². The van der Waals surface area contributed by atoms with Crippen molar-refractivity contribution in [1.29, 1.82) is 0 Å². The van der Waals surface area contributed by atoms with E-state index in [2.05, 4.69) is 0 Å². The fourth-order valence-corrected chi connectivity index (χ4v) is 1.08. The van der Waals surface area contributed by atoms with Crippen LogP contribution in [-0.4, -0.2) is 56.4 Å². The topological polar surface area (TPSA) is 0 Å². The molecule has 0 aliphatic rings. The molecule has 0 heterocycles. The third kappa shape index (κ3) is 3.20. The summed E-state index contributed by atoms with van der Waals surface area (Å²) in [5.41, 5.74) is 0. The predicted octanol–water partition coefficient (Wildman–Crippen LogP) is 2.86. The molecule has 0 unspecified atom stereocenters. The van der Waals surface area contributed by atoms with Gasteiger partial charge in [0.25, 0.3) is 0 Å². The van der Waals surface area contributed by atoms with Crippen LogP contribution in [0.5, 0.6) is 0 Å². The minimum Gasteiger partial charge on any atom is -0.326 e. The molecule has 0 bridgehead atoms. The van der Waals surface area contributed by atoms with Crippen molar-refractivity contribution < 1.29 is 39.6 Å². The number of rotatable bonds is 5. The van der Waals surface area contributed by atoms with Crippen molar-refractivity contribution in [3.63, 3.8) is 0 Å². The summed E-state index contributed by atoms with van der Waals surface area (Å²) in [6, 6.07) is 0. The van der Waals surface area contributed by atoms with Crippen molar-refractivity contribution in [1.82, 2.24) is 0 Å². The first-order valence-electron chi connectivity index (χ1n) is 4.37. The molecule has 0 atom stereocenters. The molecule has 0 aromatic heterocycles. The Kier molecular flexibility index (Phi) is 4.10. The lowest BCUT2D eigenvalue weighted by Gasteiger charge is -2.36. The number of alkyl halides is 8. The average Bonchev–Trinajstić information content (AvgIpc) is 1.98. The molecular formula is C8H12F8N+. The van der Waals surface area contributed by atoms with Gasteiger partial charge in [-0.1, -0.05) is 0 Å². The van der Waals surface area contributed by atoms with Gasteiger partial charge in [0.1, 0.15) is 6.54 Å². The third-order valence-electron chi connectivity index (χ3n) is 1.82. The monoisotopic (exact) mass is 274 g/mol. The smallest absolute Gasteiger partial charge is 0.326 e. The van der Waals surface area contributed by atoms with Crippen molar-refractivity contribution in [3.8, 4) is 0 Å². The first-order chi connectivity index (χ1) is 7.15. The molecule has 104 valence electrons. The van der Waals surface area contributed by atoms with E-state index < -0.39 is 35.2 Å². The normalized spacial score (nSPS) is 15.5. The summed E-state index contributed by atoms with van der Waals surface area (Å²) in [5.74, 6) is -17.4. The van der Waals surface area contributed by atoms with E-state index >= 15 is 0 Å². The number of halogens is 8. The molecule has 0 aromatic rings. The Morgan fingerprint density at radius 3 is 1.47 bits per heavy atom. The molecule has 1 nitrogen and oxygen atoms in total. The summed E-state index contributed by atoms with van der Waals surface area (Å²) in [4.78, 5) is 0. The zero-order chi connectivity index (χ0) is 14.3. The van der Waals surface area contributed by atoms with Crippen molar-refractivity contribution in [2.75, 3.05) is 27.7 Å². The van der Waals surface area contributed by atoms with Gasteiger partial charge in [-0.2, -0.15) is 26.3 Å². The van der Waals surface area contributed by atoms with Crippen LogP contribution in [0.1, 0.15) is 0 Å². The Morgan fingerprint density at radius 1 is 0.882 bits per heavy atom. The van der Waals surface area contributed by atoms with Crippen LogP contribution in [0.15, 0.2) is 0 Å². The first-order valence-corrected chi connectivity index (χ1v) is 4.37. The number of nitrogens with zero attached hydrogens (tertiary/aromatic N) is 1. The van der Waals surface area contributed by atoms with E-state index in [1.54, 1.807) is 0 Å². The quantitative estimate of drug-likeness (QED) is 0.534. The molecule has 0 amide bonds. The van der Waals surface area contributed by atoms with Gasteiger partial charge in [0.15, 0.2) is 0 Å². The van der Waals surface area contributed by atoms with Crippen LogP contribution in [0, 0.1) is 0 Å². The Balaban J connectivity index is 5.30. The highest BCUT2D eigenvalue weighted by Gasteiger charge is 2.76. The molecule has 17 heavy (non-hydrogen) atoms. The third-order valence-corrected chi connectivity index (χ3v) is 1.82. The zero-order valence-electron chi connectivity index (χ0n) is 9.26. The van der Waals surface area contributed by atoms with Gasteiger partial charge in [-0.15, -0.1) is 0 Å². The number of quaternary nitrogens is 1. The van der Waals surface area contributed by atoms with E-state index in [0.29, 0.717) is 0 Å². The van der Waals surface area contributed by atoms with Gasteiger partial charge in [-0.05, 0) is 0 Å². The van der Waals surface area contributed by atoms with Crippen molar-refractivity contribution in [3.05, 3.63) is 0 Å². The van der Waals surface area contributed by atoms with Crippen LogP contribution in [0.2, 0.25) is 0 Å². The molecule has 0 saturated carbocycles. The Labute approximate surface area is 92.6 Å². The second-order valence-electron chi connectivity index (χ2n) is 4.65. The summed E-state index contributed by atoms with van der Waals surface area (Å²) < 4.78 is 98.9. The lowest BCUT2D eigenvalue weighted by molar-refractivity contribution is -0.880. The minimum absolute atomic E-state index is 0.776.